The van der Waals surface area contributed by atoms with Crippen LogP contribution in [0.15, 0.2) is 24.3 Å². The highest BCUT2D eigenvalue weighted by atomic mass is 16.4. The van der Waals surface area contributed by atoms with E-state index in [4.69, 9.17) is 20.7 Å². The average molecular weight is 1010 g/mol. The molecular weight excluding hydrogens is 935 g/mol. The van der Waals surface area contributed by atoms with Gasteiger partial charge in [0, 0.05) is 26.4 Å². The van der Waals surface area contributed by atoms with Gasteiger partial charge < -0.3 is 73.0 Å². The summed E-state index contributed by atoms with van der Waals surface area (Å²) >= 11 is 0. The Morgan fingerprint density at radius 2 is 1.23 bits per heavy atom. The van der Waals surface area contributed by atoms with Crippen LogP contribution in [-0.4, -0.2) is 175 Å². The Hall–Kier alpha value is -6.89. The maximum absolute atomic E-state index is 14.1. The van der Waals surface area contributed by atoms with Crippen molar-refractivity contribution >= 4 is 65.2 Å². The van der Waals surface area contributed by atoms with E-state index >= 15 is 0 Å². The summed E-state index contributed by atoms with van der Waals surface area (Å²) in [6.45, 7) is 10.00. The quantitative estimate of drug-likeness (QED) is 0.0529. The number of carbonyl (C=O) groups excluding carboxylic acids is 8. The monoisotopic (exact) mass is 1010 g/mol. The van der Waals surface area contributed by atoms with Crippen LogP contribution in [0.5, 0.6) is 5.75 Å². The van der Waals surface area contributed by atoms with Gasteiger partial charge in [0.15, 0.2) is 0 Å². The van der Waals surface area contributed by atoms with Crippen molar-refractivity contribution in [1.82, 2.24) is 41.7 Å². The van der Waals surface area contributed by atoms with Crippen LogP contribution in [0.3, 0.4) is 0 Å². The van der Waals surface area contributed by atoms with Gasteiger partial charge in [0.2, 0.25) is 47.3 Å². The minimum Gasteiger partial charge on any atom is -0.508 e. The Labute approximate surface area is 411 Å². The van der Waals surface area contributed by atoms with E-state index in [9.17, 15) is 63.3 Å². The molecule has 2 aliphatic rings. The zero-order valence-electron chi connectivity index (χ0n) is 41.1. The van der Waals surface area contributed by atoms with E-state index in [0.717, 1.165) is 6.92 Å². The number of aliphatic hydroxyl groups is 1. The third-order valence-corrected chi connectivity index (χ3v) is 11.5. The number of nitrogens with zero attached hydrogens (tertiary/aromatic N) is 2. The molecule has 71 heavy (non-hydrogen) atoms. The van der Waals surface area contributed by atoms with Crippen LogP contribution in [0.1, 0.15) is 99.0 Å². The van der Waals surface area contributed by atoms with Gasteiger partial charge in [0.05, 0.1) is 18.7 Å². The van der Waals surface area contributed by atoms with Crippen molar-refractivity contribution in [3.63, 3.8) is 0 Å². The zero-order valence-corrected chi connectivity index (χ0v) is 41.1. The number of aliphatic hydroxyl groups excluding tert-OH is 1. The Kier molecular flexibility index (Phi) is 24.3. The van der Waals surface area contributed by atoms with Crippen molar-refractivity contribution in [3.8, 4) is 5.75 Å². The molecule has 9 unspecified atom stereocenters. The molecule has 1 aromatic rings. The fraction of sp³-hybridized carbons (Fsp3) is 0.630. The lowest BCUT2D eigenvalue weighted by atomic mass is 10.0. The number of hydrogen-bond donors (Lipinski definition) is 12. The largest absolute Gasteiger partial charge is 0.508 e. The molecule has 396 valence electrons. The van der Waals surface area contributed by atoms with Crippen molar-refractivity contribution in [2.75, 3.05) is 19.6 Å². The number of benzene rings is 1. The van der Waals surface area contributed by atoms with Crippen molar-refractivity contribution < 1.29 is 78.3 Å². The first-order chi connectivity index (χ1) is 33.1. The number of carboxylic acids is 3. The molecule has 0 spiro atoms. The van der Waals surface area contributed by atoms with Crippen molar-refractivity contribution in [3.05, 3.63) is 29.8 Å². The van der Waals surface area contributed by atoms with Crippen molar-refractivity contribution in [1.29, 1.82) is 0 Å². The molecule has 1 aromatic carbocycles. The minimum absolute atomic E-state index is 0.0333. The summed E-state index contributed by atoms with van der Waals surface area (Å²) in [5, 5.41) is 60.8. The van der Waals surface area contributed by atoms with Gasteiger partial charge in [-0.2, -0.15) is 0 Å². The first-order valence-corrected chi connectivity index (χ1v) is 23.4. The molecule has 13 N–H and O–H groups in total. The van der Waals surface area contributed by atoms with Gasteiger partial charge in [-0.05, 0) is 88.3 Å². The highest BCUT2D eigenvalue weighted by Crippen LogP contribution is 2.22. The summed E-state index contributed by atoms with van der Waals surface area (Å²) in [6.07, 6.45) is -0.900. The second-order valence-corrected chi connectivity index (χ2v) is 18.4. The topological polar surface area (TPSA) is 394 Å². The fourth-order valence-corrected chi connectivity index (χ4v) is 7.78. The van der Waals surface area contributed by atoms with E-state index in [1.165, 1.54) is 35.8 Å². The maximum atomic E-state index is 14.1. The number of carbonyl (C=O) groups is 11. The molecule has 0 aliphatic carbocycles. The number of amides is 8. The number of likely N-dealkylation sites (tertiary alicyclic amines) is 2. The van der Waals surface area contributed by atoms with Gasteiger partial charge >= 0.3 is 11.9 Å². The number of rotatable bonds is 24. The lowest BCUT2D eigenvalue weighted by molar-refractivity contribution is -0.144. The second-order valence-electron chi connectivity index (χ2n) is 18.4. The summed E-state index contributed by atoms with van der Waals surface area (Å²) in [6, 6.07) is -3.84. The van der Waals surface area contributed by atoms with Crippen LogP contribution < -0.4 is 37.6 Å². The van der Waals surface area contributed by atoms with E-state index in [0.29, 0.717) is 18.4 Å². The molecule has 9 atom stereocenters. The molecule has 25 heteroatoms. The molecule has 2 heterocycles. The van der Waals surface area contributed by atoms with E-state index in [-0.39, 0.29) is 56.9 Å². The van der Waals surface area contributed by atoms with Crippen LogP contribution in [0.25, 0.3) is 0 Å². The van der Waals surface area contributed by atoms with Crippen molar-refractivity contribution in [2.45, 2.75) is 154 Å². The predicted octanol–water partition coefficient (Wildman–Crippen LogP) is -2.07. The highest BCUT2D eigenvalue weighted by molar-refractivity contribution is 5.98. The van der Waals surface area contributed by atoms with Gasteiger partial charge in [-0.3, -0.25) is 52.7 Å². The number of nitrogens with two attached hydrogens (primary N) is 1. The van der Waals surface area contributed by atoms with Crippen molar-refractivity contribution in [2.24, 2.45) is 17.6 Å². The predicted molar refractivity (Wildman–Crippen MR) is 251 cm³/mol. The van der Waals surface area contributed by atoms with E-state index in [2.05, 4.69) is 31.9 Å². The van der Waals surface area contributed by atoms with Gasteiger partial charge in [0.25, 0.3) is 5.97 Å². The first kappa shape index (κ1) is 60.2. The summed E-state index contributed by atoms with van der Waals surface area (Å²) in [5.74, 6) is -10.1. The molecular formula is C46H71N9O16. The molecule has 3 rings (SSSR count). The average Bonchev–Trinajstić information content (AvgIpc) is 3.99. The van der Waals surface area contributed by atoms with Crippen LogP contribution in [0.2, 0.25) is 0 Å². The van der Waals surface area contributed by atoms with Gasteiger partial charge in [-0.15, -0.1) is 0 Å². The van der Waals surface area contributed by atoms with Crippen LogP contribution >= 0.6 is 0 Å². The Balaban J connectivity index is 0.00000415. The van der Waals surface area contributed by atoms with Gasteiger partial charge in [-0.25, -0.2) is 0 Å². The number of aliphatic carboxylic acids is 3. The summed E-state index contributed by atoms with van der Waals surface area (Å²) in [7, 11) is 0. The third-order valence-electron chi connectivity index (χ3n) is 11.5. The molecule has 2 aliphatic heterocycles. The molecule has 25 nitrogen and oxygen atoms in total. The minimum atomic E-state index is -1.56. The standard InChI is InChI=1S/C44H67N9O14.C2H4O2/c1-22(2)19-30(49-37(59)28(45)20-26-11-13-27(55)14-12-26)38(60)48-29(15-16-34(57)58)43(65)53-18-8-9-31(53)39(61)46-21-33(56)52-17-7-10-32(52)40(62)50-35(23(3)4)41(63)51-36(25(6)54)42(64)47-24(5)44(66)67;1-2(3)4/h11-14,22-25,28-32,35-36,54-55H,7-10,15-21,45H2,1-6H3,(H,46,61)(H,47,64)(H,48,60)(H,49,59)(H,50,62)(H,51,63)(H,57,58)(H,66,67);1H3,(H,3,4). The van der Waals surface area contributed by atoms with Crippen LogP contribution in [0, 0.1) is 11.8 Å². The van der Waals surface area contributed by atoms with Gasteiger partial charge in [-0.1, -0.05) is 39.8 Å². The molecule has 0 radical (unpaired) electrons. The summed E-state index contributed by atoms with van der Waals surface area (Å²) in [4.78, 5) is 142. The van der Waals surface area contributed by atoms with E-state index < -0.39 is 138 Å². The zero-order chi connectivity index (χ0) is 53.9. The molecule has 0 bridgehead atoms. The Bertz CT molecular complexity index is 2060. The Morgan fingerprint density at radius 3 is 1.75 bits per heavy atom. The normalized spacial score (nSPS) is 18.2. The maximum Gasteiger partial charge on any atom is 0.325 e. The lowest BCUT2D eigenvalue weighted by Gasteiger charge is -2.31. The number of carboxylic acid groups (broad SMARTS) is 3. The van der Waals surface area contributed by atoms with E-state index in [1.54, 1.807) is 26.0 Å². The van der Waals surface area contributed by atoms with Crippen LogP contribution in [0.4, 0.5) is 0 Å². The summed E-state index contributed by atoms with van der Waals surface area (Å²) in [5.41, 5.74) is 6.81. The second kappa shape index (κ2) is 28.7. The van der Waals surface area contributed by atoms with Gasteiger partial charge in [0.1, 0.15) is 48.0 Å². The molecule has 0 saturated carbocycles. The molecule has 0 aromatic heterocycles. The number of nitrogens with one attached hydrogen (secondary N) is 6. The number of phenols is 1. The third kappa shape index (κ3) is 19.8. The number of aromatic hydroxyl groups is 1. The van der Waals surface area contributed by atoms with E-state index in [1.807, 2.05) is 13.8 Å². The lowest BCUT2D eigenvalue weighted by Crippen LogP contribution is -2.61. The smallest absolute Gasteiger partial charge is 0.325 e. The number of phenolic OH excluding ortho intramolecular Hbond substituents is 1. The Morgan fingerprint density at radius 1 is 0.690 bits per heavy atom. The highest BCUT2D eigenvalue weighted by Gasteiger charge is 2.41. The molecule has 8 amide bonds. The van der Waals surface area contributed by atoms with Crippen LogP contribution in [-0.2, 0) is 59.2 Å². The molecule has 2 fully saturated rings. The molecule has 2 saturated heterocycles. The number of hydrogen-bond acceptors (Lipinski definition) is 14. The first-order valence-electron chi connectivity index (χ1n) is 23.4. The SMILES string of the molecule is CC(=O)O.CC(C)CC(NC(=O)C(N)Cc1ccc(O)cc1)C(=O)NC(CCC(=O)O)C(=O)N1CCCC1C(=O)NCC(=O)N1CCCC1C(=O)NC(C(=O)NC(C(=O)NC(C)C(=O)O)C(C)O)C(C)C. The fourth-order valence-electron chi connectivity index (χ4n) is 7.78. The summed E-state index contributed by atoms with van der Waals surface area (Å²) < 4.78 is 0.